The summed E-state index contributed by atoms with van der Waals surface area (Å²) in [6, 6.07) is 6.58. The van der Waals surface area contributed by atoms with Crippen LogP contribution in [0.2, 0.25) is 5.02 Å². The van der Waals surface area contributed by atoms with Crippen LogP contribution in [0.15, 0.2) is 18.2 Å². The van der Waals surface area contributed by atoms with Crippen molar-refractivity contribution < 1.29 is 4.74 Å². The topological polar surface area (TPSA) is 24.5 Å². The molecule has 1 fully saturated rings. The minimum absolute atomic E-state index is 0.395. The third-order valence-electron chi connectivity index (χ3n) is 3.59. The van der Waals surface area contributed by atoms with Gasteiger partial charge in [-0.25, -0.2) is 0 Å². The van der Waals surface area contributed by atoms with E-state index in [1.165, 1.54) is 11.3 Å². The van der Waals surface area contributed by atoms with E-state index in [9.17, 15) is 0 Å². The van der Waals surface area contributed by atoms with Crippen molar-refractivity contribution in [1.82, 2.24) is 5.32 Å². The number of halogens is 1. The molecule has 4 heteroatoms. The zero-order chi connectivity index (χ0) is 14.5. The van der Waals surface area contributed by atoms with Gasteiger partial charge in [0.05, 0.1) is 13.2 Å². The molecule has 2 rings (SSSR count). The number of hydrogen-bond donors (Lipinski definition) is 1. The van der Waals surface area contributed by atoms with Gasteiger partial charge in [0, 0.05) is 29.8 Å². The molecular weight excluding hydrogens is 272 g/mol. The third-order valence-corrected chi connectivity index (χ3v) is 3.83. The Hall–Kier alpha value is -0.770. The number of morpholine rings is 1. The Bertz CT molecular complexity index is 436. The van der Waals surface area contributed by atoms with Gasteiger partial charge in [0.25, 0.3) is 0 Å². The van der Waals surface area contributed by atoms with E-state index in [-0.39, 0.29) is 0 Å². The van der Waals surface area contributed by atoms with Gasteiger partial charge in [-0.1, -0.05) is 31.5 Å². The lowest BCUT2D eigenvalue weighted by molar-refractivity contribution is 0.0988. The average molecular weight is 297 g/mol. The molecule has 0 radical (unpaired) electrons. The first-order valence-corrected chi connectivity index (χ1v) is 7.79. The van der Waals surface area contributed by atoms with Gasteiger partial charge in [0.1, 0.15) is 0 Å². The first kappa shape index (κ1) is 15.6. The number of hydrogen-bond acceptors (Lipinski definition) is 3. The standard InChI is InChI=1S/C16H25ClN2O/c1-12(2)9-18-10-14-4-5-15(17)8-16(14)19-6-7-20-11-13(19)3/h4-5,8,12-13,18H,6-7,9-11H2,1-3H3. The highest BCUT2D eigenvalue weighted by atomic mass is 35.5. The van der Waals surface area contributed by atoms with Crippen LogP contribution >= 0.6 is 11.6 Å². The second-order valence-electron chi connectivity index (χ2n) is 5.92. The average Bonchev–Trinajstić information content (AvgIpc) is 2.41. The first-order chi connectivity index (χ1) is 9.58. The largest absolute Gasteiger partial charge is 0.377 e. The van der Waals surface area contributed by atoms with Gasteiger partial charge >= 0.3 is 0 Å². The Labute approximate surface area is 127 Å². The van der Waals surface area contributed by atoms with E-state index in [0.717, 1.165) is 37.9 Å². The summed E-state index contributed by atoms with van der Waals surface area (Å²) in [4.78, 5) is 2.40. The predicted molar refractivity (Wildman–Crippen MR) is 85.6 cm³/mol. The van der Waals surface area contributed by atoms with Gasteiger partial charge in [-0.2, -0.15) is 0 Å². The molecule has 0 saturated carbocycles. The van der Waals surface area contributed by atoms with Gasteiger partial charge < -0.3 is 15.0 Å². The summed E-state index contributed by atoms with van der Waals surface area (Å²) in [5, 5.41) is 4.31. The maximum absolute atomic E-state index is 6.19. The fraction of sp³-hybridized carbons (Fsp3) is 0.625. The lowest BCUT2D eigenvalue weighted by Gasteiger charge is -2.36. The van der Waals surface area contributed by atoms with Gasteiger partial charge in [-0.05, 0) is 37.1 Å². The summed E-state index contributed by atoms with van der Waals surface area (Å²) in [6.07, 6.45) is 0. The number of nitrogens with one attached hydrogen (secondary N) is 1. The molecular formula is C16H25ClN2O. The van der Waals surface area contributed by atoms with Crippen molar-refractivity contribution in [2.75, 3.05) is 31.2 Å². The SMILES string of the molecule is CC(C)CNCc1ccc(Cl)cc1N1CCOCC1C. The predicted octanol–water partition coefficient (Wildman–Crippen LogP) is 3.31. The summed E-state index contributed by atoms with van der Waals surface area (Å²) >= 11 is 6.19. The lowest BCUT2D eigenvalue weighted by atomic mass is 10.1. The number of rotatable bonds is 5. The molecule has 112 valence electrons. The van der Waals surface area contributed by atoms with Crippen molar-refractivity contribution in [1.29, 1.82) is 0 Å². The molecule has 0 aromatic heterocycles. The zero-order valence-electron chi connectivity index (χ0n) is 12.7. The monoisotopic (exact) mass is 296 g/mol. The Morgan fingerprint density at radius 2 is 2.25 bits per heavy atom. The van der Waals surface area contributed by atoms with E-state index in [0.29, 0.717) is 12.0 Å². The van der Waals surface area contributed by atoms with E-state index < -0.39 is 0 Å². The summed E-state index contributed by atoms with van der Waals surface area (Å²) in [5.74, 6) is 0.660. The molecule has 0 bridgehead atoms. The molecule has 1 saturated heterocycles. The Kier molecular flexibility index (Phi) is 5.70. The van der Waals surface area contributed by atoms with E-state index in [1.807, 2.05) is 6.07 Å². The van der Waals surface area contributed by atoms with Gasteiger partial charge in [-0.3, -0.25) is 0 Å². The van der Waals surface area contributed by atoms with Crippen molar-refractivity contribution in [2.24, 2.45) is 5.92 Å². The van der Waals surface area contributed by atoms with Crippen molar-refractivity contribution >= 4 is 17.3 Å². The van der Waals surface area contributed by atoms with Crippen molar-refractivity contribution in [3.05, 3.63) is 28.8 Å². The summed E-state index contributed by atoms with van der Waals surface area (Å²) in [7, 11) is 0. The van der Waals surface area contributed by atoms with E-state index in [1.54, 1.807) is 0 Å². The summed E-state index contributed by atoms with van der Waals surface area (Å²) < 4.78 is 5.53. The second kappa shape index (κ2) is 7.30. The third kappa shape index (κ3) is 4.11. The Morgan fingerprint density at radius 1 is 1.45 bits per heavy atom. The van der Waals surface area contributed by atoms with Crippen LogP contribution in [0, 0.1) is 5.92 Å². The minimum Gasteiger partial charge on any atom is -0.377 e. The molecule has 0 amide bonds. The van der Waals surface area contributed by atoms with E-state index in [4.69, 9.17) is 16.3 Å². The highest BCUT2D eigenvalue weighted by molar-refractivity contribution is 6.30. The molecule has 1 aromatic carbocycles. The van der Waals surface area contributed by atoms with Crippen molar-refractivity contribution in [3.8, 4) is 0 Å². The second-order valence-corrected chi connectivity index (χ2v) is 6.35. The van der Waals surface area contributed by atoms with Gasteiger partial charge in [-0.15, -0.1) is 0 Å². The molecule has 0 aliphatic carbocycles. The highest BCUT2D eigenvalue weighted by Gasteiger charge is 2.21. The summed E-state index contributed by atoms with van der Waals surface area (Å²) in [6.45, 7) is 11.1. The molecule has 1 aliphatic heterocycles. The number of anilines is 1. The number of nitrogens with zero attached hydrogens (tertiary/aromatic N) is 1. The van der Waals surface area contributed by atoms with Gasteiger partial charge in [0.15, 0.2) is 0 Å². The fourth-order valence-corrected chi connectivity index (χ4v) is 2.70. The van der Waals surface area contributed by atoms with Gasteiger partial charge in [0.2, 0.25) is 0 Å². The number of ether oxygens (including phenoxy) is 1. The maximum Gasteiger partial charge on any atom is 0.0668 e. The quantitative estimate of drug-likeness (QED) is 0.902. The normalized spacial score (nSPS) is 19.6. The Balaban J connectivity index is 2.14. The van der Waals surface area contributed by atoms with E-state index >= 15 is 0 Å². The van der Waals surface area contributed by atoms with Crippen LogP contribution in [0.3, 0.4) is 0 Å². The van der Waals surface area contributed by atoms with Crippen LogP contribution in [0.4, 0.5) is 5.69 Å². The lowest BCUT2D eigenvalue weighted by Crippen LogP contribution is -2.44. The van der Waals surface area contributed by atoms with Crippen molar-refractivity contribution in [3.63, 3.8) is 0 Å². The summed E-state index contributed by atoms with van der Waals surface area (Å²) in [5.41, 5.74) is 2.55. The fourth-order valence-electron chi connectivity index (χ4n) is 2.53. The maximum atomic E-state index is 6.19. The molecule has 1 unspecified atom stereocenters. The van der Waals surface area contributed by atoms with Crippen molar-refractivity contribution in [2.45, 2.75) is 33.4 Å². The van der Waals surface area contributed by atoms with Crippen LogP contribution in [0.5, 0.6) is 0 Å². The molecule has 1 aromatic rings. The highest BCUT2D eigenvalue weighted by Crippen LogP contribution is 2.27. The molecule has 1 N–H and O–H groups in total. The molecule has 0 spiro atoms. The molecule has 1 heterocycles. The molecule has 20 heavy (non-hydrogen) atoms. The smallest absolute Gasteiger partial charge is 0.0668 e. The Morgan fingerprint density at radius 3 is 2.95 bits per heavy atom. The van der Waals surface area contributed by atoms with E-state index in [2.05, 4.69) is 43.1 Å². The van der Waals surface area contributed by atoms with Crippen LogP contribution in [0.25, 0.3) is 0 Å². The zero-order valence-corrected chi connectivity index (χ0v) is 13.4. The van der Waals surface area contributed by atoms with Crippen LogP contribution in [-0.4, -0.2) is 32.3 Å². The molecule has 1 aliphatic rings. The molecule has 1 atom stereocenters. The number of benzene rings is 1. The van der Waals surface area contributed by atoms with Crippen LogP contribution in [0.1, 0.15) is 26.3 Å². The molecule has 3 nitrogen and oxygen atoms in total. The minimum atomic E-state index is 0.395. The van der Waals surface area contributed by atoms with Crippen LogP contribution in [-0.2, 0) is 11.3 Å². The first-order valence-electron chi connectivity index (χ1n) is 7.41. The van der Waals surface area contributed by atoms with Crippen LogP contribution < -0.4 is 10.2 Å².